The molecule has 1 unspecified atom stereocenters. The summed E-state index contributed by atoms with van der Waals surface area (Å²) in [5.74, 6) is -0.140. The molecular formula is C14H17NO2. The average molecular weight is 231 g/mol. The number of carbonyl (C=O) groups is 1. The molecule has 1 heterocycles. The molecule has 0 saturated heterocycles. The van der Waals surface area contributed by atoms with Crippen LogP contribution in [0.2, 0.25) is 0 Å². The SMILES string of the molecule is CCCC(=O)OC(C)c1[nH]cc2ccccc12. The number of esters is 1. The summed E-state index contributed by atoms with van der Waals surface area (Å²) >= 11 is 0. The number of fused-ring (bicyclic) bond motifs is 1. The van der Waals surface area contributed by atoms with Crippen molar-refractivity contribution in [1.29, 1.82) is 0 Å². The Morgan fingerprint density at radius 1 is 1.41 bits per heavy atom. The maximum Gasteiger partial charge on any atom is 0.306 e. The Bertz CT molecular complexity index is 516. The van der Waals surface area contributed by atoms with Gasteiger partial charge in [-0.2, -0.15) is 0 Å². The summed E-state index contributed by atoms with van der Waals surface area (Å²) in [5.41, 5.74) is 0.963. The lowest BCUT2D eigenvalue weighted by Crippen LogP contribution is -2.08. The molecule has 0 aliphatic rings. The number of hydrogen-bond acceptors (Lipinski definition) is 2. The van der Waals surface area contributed by atoms with Crippen LogP contribution in [-0.4, -0.2) is 11.0 Å². The summed E-state index contributed by atoms with van der Waals surface area (Å²) < 4.78 is 5.37. The predicted octanol–water partition coefficient (Wildman–Crippen LogP) is 3.57. The number of hydrogen-bond donors (Lipinski definition) is 1. The van der Waals surface area contributed by atoms with E-state index in [0.29, 0.717) is 6.42 Å². The second kappa shape index (κ2) is 5.04. The van der Waals surface area contributed by atoms with E-state index >= 15 is 0 Å². The van der Waals surface area contributed by atoms with Gasteiger partial charge in [-0.3, -0.25) is 4.79 Å². The van der Waals surface area contributed by atoms with E-state index in [2.05, 4.69) is 4.98 Å². The summed E-state index contributed by atoms with van der Waals surface area (Å²) in [5, 5.41) is 2.25. The molecule has 1 aromatic heterocycles. The second-order valence-electron chi connectivity index (χ2n) is 4.17. The molecule has 1 aromatic carbocycles. The Hall–Kier alpha value is -1.77. The molecule has 1 N–H and O–H groups in total. The third-order valence-corrected chi connectivity index (χ3v) is 2.80. The molecule has 3 heteroatoms. The van der Waals surface area contributed by atoms with Crippen molar-refractivity contribution in [3.8, 4) is 0 Å². The first kappa shape index (κ1) is 11.7. The number of aromatic nitrogens is 1. The number of carbonyl (C=O) groups excluding carboxylic acids is 1. The number of nitrogens with one attached hydrogen (secondary N) is 1. The first-order valence-corrected chi connectivity index (χ1v) is 5.98. The molecule has 0 amide bonds. The highest BCUT2D eigenvalue weighted by molar-refractivity contribution is 5.85. The molecule has 0 aliphatic heterocycles. The van der Waals surface area contributed by atoms with Crippen LogP contribution in [0.5, 0.6) is 0 Å². The lowest BCUT2D eigenvalue weighted by molar-refractivity contribution is -0.148. The second-order valence-corrected chi connectivity index (χ2v) is 4.17. The van der Waals surface area contributed by atoms with E-state index < -0.39 is 0 Å². The first-order valence-electron chi connectivity index (χ1n) is 5.98. The molecule has 2 rings (SSSR count). The molecule has 1 atom stereocenters. The minimum absolute atomic E-state index is 0.140. The number of rotatable bonds is 4. The fourth-order valence-corrected chi connectivity index (χ4v) is 1.96. The van der Waals surface area contributed by atoms with Crippen LogP contribution in [-0.2, 0) is 9.53 Å². The van der Waals surface area contributed by atoms with Crippen LogP contribution in [0.4, 0.5) is 0 Å². The van der Waals surface area contributed by atoms with Crippen molar-refractivity contribution in [3.63, 3.8) is 0 Å². The number of benzene rings is 1. The maximum absolute atomic E-state index is 11.4. The van der Waals surface area contributed by atoms with Gasteiger partial charge in [0.05, 0.1) is 5.69 Å². The molecule has 2 aromatic rings. The lowest BCUT2D eigenvalue weighted by atomic mass is 10.1. The Kier molecular flexibility index (Phi) is 3.47. The minimum Gasteiger partial charge on any atom is -0.456 e. The highest BCUT2D eigenvalue weighted by Crippen LogP contribution is 2.25. The normalized spacial score (nSPS) is 12.6. The molecular weight excluding hydrogens is 214 g/mol. The zero-order valence-electron chi connectivity index (χ0n) is 10.2. The standard InChI is InChI=1S/C14H17NO2/c1-3-6-13(16)17-10(2)14-12-8-5-4-7-11(12)9-15-14/h4-5,7-10,15H,3,6H2,1-2H3. The van der Waals surface area contributed by atoms with Gasteiger partial charge < -0.3 is 9.72 Å². The number of aromatic amines is 1. The molecule has 17 heavy (non-hydrogen) atoms. The zero-order chi connectivity index (χ0) is 12.3. The van der Waals surface area contributed by atoms with E-state index in [0.717, 1.165) is 22.9 Å². The van der Waals surface area contributed by atoms with Crippen molar-refractivity contribution in [2.45, 2.75) is 32.8 Å². The van der Waals surface area contributed by atoms with Crippen LogP contribution < -0.4 is 0 Å². The summed E-state index contributed by atoms with van der Waals surface area (Å²) in [6, 6.07) is 8.05. The van der Waals surface area contributed by atoms with Gasteiger partial charge >= 0.3 is 5.97 Å². The average Bonchev–Trinajstić information content (AvgIpc) is 2.72. The lowest BCUT2D eigenvalue weighted by Gasteiger charge is -2.12. The monoisotopic (exact) mass is 231 g/mol. The first-order chi connectivity index (χ1) is 8.22. The third-order valence-electron chi connectivity index (χ3n) is 2.80. The quantitative estimate of drug-likeness (QED) is 0.817. The zero-order valence-corrected chi connectivity index (χ0v) is 10.2. The van der Waals surface area contributed by atoms with Crippen molar-refractivity contribution >= 4 is 16.7 Å². The van der Waals surface area contributed by atoms with E-state index in [1.165, 1.54) is 0 Å². The highest BCUT2D eigenvalue weighted by atomic mass is 16.5. The minimum atomic E-state index is -0.228. The third kappa shape index (κ3) is 2.49. The summed E-state index contributed by atoms with van der Waals surface area (Å²) in [6.45, 7) is 3.86. The Morgan fingerprint density at radius 3 is 2.94 bits per heavy atom. The van der Waals surface area contributed by atoms with E-state index in [4.69, 9.17) is 4.74 Å². The van der Waals surface area contributed by atoms with Gasteiger partial charge in [0.25, 0.3) is 0 Å². The van der Waals surface area contributed by atoms with Crippen LogP contribution in [0.15, 0.2) is 30.5 Å². The van der Waals surface area contributed by atoms with Crippen LogP contribution in [0.25, 0.3) is 10.8 Å². The molecule has 0 spiro atoms. The van der Waals surface area contributed by atoms with Crippen molar-refractivity contribution < 1.29 is 9.53 Å². The Labute approximate surface area is 101 Å². The van der Waals surface area contributed by atoms with Gasteiger partial charge in [-0.15, -0.1) is 0 Å². The van der Waals surface area contributed by atoms with Crippen LogP contribution in [0.1, 0.15) is 38.5 Å². The van der Waals surface area contributed by atoms with Crippen LogP contribution in [0, 0.1) is 0 Å². The van der Waals surface area contributed by atoms with E-state index in [1.807, 2.05) is 44.3 Å². The molecule has 0 bridgehead atoms. The predicted molar refractivity (Wildman–Crippen MR) is 67.7 cm³/mol. The van der Waals surface area contributed by atoms with E-state index in [-0.39, 0.29) is 12.1 Å². The van der Waals surface area contributed by atoms with Crippen LogP contribution >= 0.6 is 0 Å². The van der Waals surface area contributed by atoms with Gasteiger partial charge in [-0.1, -0.05) is 31.2 Å². The molecule has 3 nitrogen and oxygen atoms in total. The fraction of sp³-hybridized carbons (Fsp3) is 0.357. The largest absolute Gasteiger partial charge is 0.456 e. The van der Waals surface area contributed by atoms with Gasteiger partial charge in [-0.25, -0.2) is 0 Å². The molecule has 0 saturated carbocycles. The topological polar surface area (TPSA) is 42.1 Å². The van der Waals surface area contributed by atoms with Crippen molar-refractivity contribution in [2.24, 2.45) is 0 Å². The summed E-state index contributed by atoms with van der Waals surface area (Å²) in [7, 11) is 0. The molecule has 0 fully saturated rings. The Balaban J connectivity index is 2.19. The summed E-state index contributed by atoms with van der Waals surface area (Å²) in [6.07, 6.45) is 3.00. The van der Waals surface area contributed by atoms with Crippen molar-refractivity contribution in [1.82, 2.24) is 4.98 Å². The van der Waals surface area contributed by atoms with Gasteiger partial charge in [0, 0.05) is 18.0 Å². The summed E-state index contributed by atoms with van der Waals surface area (Å²) in [4.78, 5) is 14.6. The Morgan fingerprint density at radius 2 is 2.18 bits per heavy atom. The van der Waals surface area contributed by atoms with Gasteiger partial charge in [0.15, 0.2) is 0 Å². The van der Waals surface area contributed by atoms with Gasteiger partial charge in [0.1, 0.15) is 6.10 Å². The maximum atomic E-state index is 11.4. The van der Waals surface area contributed by atoms with Crippen molar-refractivity contribution in [3.05, 3.63) is 36.2 Å². The van der Waals surface area contributed by atoms with Gasteiger partial charge in [0.2, 0.25) is 0 Å². The van der Waals surface area contributed by atoms with E-state index in [1.54, 1.807) is 0 Å². The van der Waals surface area contributed by atoms with Crippen LogP contribution in [0.3, 0.4) is 0 Å². The van der Waals surface area contributed by atoms with Crippen molar-refractivity contribution in [2.75, 3.05) is 0 Å². The smallest absolute Gasteiger partial charge is 0.306 e. The number of ether oxygens (including phenoxy) is 1. The fourth-order valence-electron chi connectivity index (χ4n) is 1.96. The molecule has 90 valence electrons. The molecule has 0 aliphatic carbocycles. The highest BCUT2D eigenvalue weighted by Gasteiger charge is 2.14. The van der Waals surface area contributed by atoms with E-state index in [9.17, 15) is 4.79 Å². The van der Waals surface area contributed by atoms with Gasteiger partial charge in [-0.05, 0) is 18.7 Å². The molecule has 0 radical (unpaired) electrons. The number of H-pyrrole nitrogens is 1.